The van der Waals surface area contributed by atoms with E-state index in [2.05, 4.69) is 4.74 Å². The lowest BCUT2D eigenvalue weighted by molar-refractivity contribution is -0.144. The number of fused-ring (bicyclic) bond motifs is 3. The molecule has 0 radical (unpaired) electrons. The molecular formula is C10H13ClO4. The summed E-state index contributed by atoms with van der Waals surface area (Å²) in [4.78, 5) is 11.5. The average molecular weight is 233 g/mol. The summed E-state index contributed by atoms with van der Waals surface area (Å²) in [5.74, 6) is -0.502. The summed E-state index contributed by atoms with van der Waals surface area (Å²) in [7, 11) is 1.32. The predicted molar refractivity (Wildman–Crippen MR) is 51.5 cm³/mol. The van der Waals surface area contributed by atoms with Gasteiger partial charge in [0.05, 0.1) is 19.3 Å². The minimum Gasteiger partial charge on any atom is -0.466 e. The number of esters is 1. The van der Waals surface area contributed by atoms with E-state index in [4.69, 9.17) is 21.1 Å². The molecule has 2 bridgehead atoms. The third-order valence-electron chi connectivity index (χ3n) is 3.74. The Balaban J connectivity index is 1.86. The van der Waals surface area contributed by atoms with Gasteiger partial charge in [0, 0.05) is 0 Å². The average Bonchev–Trinajstić information content (AvgIpc) is 2.68. The quantitative estimate of drug-likeness (QED) is 0.387. The van der Waals surface area contributed by atoms with Crippen LogP contribution in [0.1, 0.15) is 25.7 Å². The Morgan fingerprint density at radius 1 is 1.47 bits per heavy atom. The maximum absolute atomic E-state index is 11.5. The van der Waals surface area contributed by atoms with Crippen LogP contribution in [0.15, 0.2) is 0 Å². The van der Waals surface area contributed by atoms with Crippen LogP contribution in [0.25, 0.3) is 0 Å². The van der Waals surface area contributed by atoms with Gasteiger partial charge in [-0.25, -0.2) is 4.79 Å². The fourth-order valence-corrected chi connectivity index (χ4v) is 3.28. The molecule has 4 unspecified atom stereocenters. The number of hydrogen-bond acceptors (Lipinski definition) is 4. The van der Waals surface area contributed by atoms with Gasteiger partial charge in [-0.05, 0) is 25.7 Å². The van der Waals surface area contributed by atoms with Crippen molar-refractivity contribution in [2.45, 2.75) is 48.6 Å². The number of methoxy groups -OCH3 is 1. The number of ether oxygens (including phenoxy) is 3. The topological polar surface area (TPSA) is 48.1 Å². The molecule has 1 spiro atoms. The minimum atomic E-state index is -1.29. The zero-order valence-electron chi connectivity index (χ0n) is 8.49. The largest absolute Gasteiger partial charge is 0.466 e. The van der Waals surface area contributed by atoms with Crippen molar-refractivity contribution in [3.63, 3.8) is 0 Å². The van der Waals surface area contributed by atoms with E-state index in [0.29, 0.717) is 6.10 Å². The summed E-state index contributed by atoms with van der Waals surface area (Å²) in [5, 5.41) is -1.29. The highest BCUT2D eigenvalue weighted by molar-refractivity contribution is 6.36. The maximum atomic E-state index is 11.5. The highest BCUT2D eigenvalue weighted by Gasteiger charge is 2.80. The Kier molecular flexibility index (Phi) is 1.89. The van der Waals surface area contributed by atoms with Crippen LogP contribution in [0, 0.1) is 0 Å². The highest BCUT2D eigenvalue weighted by Crippen LogP contribution is 2.62. The second kappa shape index (κ2) is 2.87. The molecule has 0 aliphatic carbocycles. The van der Waals surface area contributed by atoms with E-state index in [1.807, 2.05) is 0 Å². The Morgan fingerprint density at radius 2 is 2.27 bits per heavy atom. The van der Waals surface area contributed by atoms with Crippen LogP contribution in [0.4, 0.5) is 0 Å². The van der Waals surface area contributed by atoms with E-state index >= 15 is 0 Å². The Morgan fingerprint density at radius 3 is 3.00 bits per heavy atom. The van der Waals surface area contributed by atoms with Gasteiger partial charge in [-0.2, -0.15) is 0 Å². The molecule has 0 N–H and O–H groups in total. The first kappa shape index (κ1) is 9.87. The Bertz CT molecular complexity index is 321. The van der Waals surface area contributed by atoms with Gasteiger partial charge in [0.25, 0.3) is 5.06 Å². The molecule has 3 aliphatic heterocycles. The highest BCUT2D eigenvalue weighted by atomic mass is 35.5. The molecule has 3 aliphatic rings. The third kappa shape index (κ3) is 1.07. The van der Waals surface area contributed by atoms with Gasteiger partial charge in [0.2, 0.25) is 0 Å². The molecule has 0 amide bonds. The summed E-state index contributed by atoms with van der Waals surface area (Å²) < 4.78 is 15.9. The first-order valence-corrected chi connectivity index (χ1v) is 5.63. The lowest BCUT2D eigenvalue weighted by Gasteiger charge is -2.27. The number of epoxide rings is 1. The molecule has 0 saturated carbocycles. The van der Waals surface area contributed by atoms with Gasteiger partial charge in [-0.1, -0.05) is 11.6 Å². The van der Waals surface area contributed by atoms with Crippen LogP contribution in [0.5, 0.6) is 0 Å². The van der Waals surface area contributed by atoms with E-state index in [1.165, 1.54) is 7.11 Å². The number of carbonyl (C=O) groups is 1. The van der Waals surface area contributed by atoms with E-state index in [9.17, 15) is 4.79 Å². The van der Waals surface area contributed by atoms with E-state index < -0.39 is 16.6 Å². The van der Waals surface area contributed by atoms with Crippen LogP contribution in [0.2, 0.25) is 0 Å². The van der Waals surface area contributed by atoms with E-state index in [-0.39, 0.29) is 6.10 Å². The maximum Gasteiger partial charge on any atom is 0.357 e. The van der Waals surface area contributed by atoms with Gasteiger partial charge in [0.15, 0.2) is 5.60 Å². The van der Waals surface area contributed by atoms with Crippen molar-refractivity contribution in [3.8, 4) is 0 Å². The summed E-state index contributed by atoms with van der Waals surface area (Å²) in [6.07, 6.45) is 3.99. The number of hydrogen-bond donors (Lipinski definition) is 0. The molecule has 4 atom stereocenters. The molecule has 15 heavy (non-hydrogen) atoms. The molecule has 5 heteroatoms. The van der Waals surface area contributed by atoms with Crippen molar-refractivity contribution in [2.24, 2.45) is 0 Å². The molecule has 0 aromatic heterocycles. The van der Waals surface area contributed by atoms with Crippen LogP contribution in [-0.4, -0.2) is 35.9 Å². The predicted octanol–water partition coefficient (Wildman–Crippen LogP) is 1.20. The van der Waals surface area contributed by atoms with Crippen molar-refractivity contribution in [1.29, 1.82) is 0 Å². The molecule has 3 rings (SSSR count). The second-order valence-corrected chi connectivity index (χ2v) is 4.97. The van der Waals surface area contributed by atoms with Crippen molar-refractivity contribution in [3.05, 3.63) is 0 Å². The SMILES string of the molecule is COC(=O)C1(Cl)OC12CCC1CCC2O1. The van der Waals surface area contributed by atoms with Gasteiger partial charge < -0.3 is 14.2 Å². The molecule has 84 valence electrons. The monoisotopic (exact) mass is 232 g/mol. The summed E-state index contributed by atoms with van der Waals surface area (Å²) in [5.41, 5.74) is -0.616. The molecule has 4 nitrogen and oxygen atoms in total. The number of alkyl halides is 1. The number of carbonyl (C=O) groups excluding carboxylic acids is 1. The first-order chi connectivity index (χ1) is 7.12. The first-order valence-electron chi connectivity index (χ1n) is 5.25. The third-order valence-corrected chi connectivity index (χ3v) is 4.29. The zero-order chi connectivity index (χ0) is 10.7. The molecule has 0 aromatic carbocycles. The fraction of sp³-hybridized carbons (Fsp3) is 0.900. The molecule has 3 heterocycles. The van der Waals surface area contributed by atoms with Crippen LogP contribution >= 0.6 is 11.6 Å². The normalized spacial score (nSPS) is 51.9. The van der Waals surface area contributed by atoms with Gasteiger partial charge in [-0.15, -0.1) is 0 Å². The van der Waals surface area contributed by atoms with Crippen molar-refractivity contribution < 1.29 is 19.0 Å². The number of rotatable bonds is 1. The lowest BCUT2D eigenvalue weighted by Crippen LogP contribution is -2.42. The molecule has 3 fully saturated rings. The number of halogens is 1. The van der Waals surface area contributed by atoms with Gasteiger partial charge in [0.1, 0.15) is 0 Å². The van der Waals surface area contributed by atoms with Gasteiger partial charge in [-0.3, -0.25) is 0 Å². The lowest BCUT2D eigenvalue weighted by atomic mass is 9.91. The van der Waals surface area contributed by atoms with Crippen LogP contribution in [-0.2, 0) is 19.0 Å². The van der Waals surface area contributed by atoms with Crippen LogP contribution in [0.3, 0.4) is 0 Å². The van der Waals surface area contributed by atoms with Gasteiger partial charge >= 0.3 is 5.97 Å². The molecule has 0 aromatic rings. The summed E-state index contributed by atoms with van der Waals surface area (Å²) >= 11 is 6.15. The fourth-order valence-electron chi connectivity index (χ4n) is 2.85. The Labute approximate surface area is 92.8 Å². The summed E-state index contributed by atoms with van der Waals surface area (Å²) in [6, 6.07) is 0. The zero-order valence-corrected chi connectivity index (χ0v) is 9.25. The van der Waals surface area contributed by atoms with Crippen molar-refractivity contribution in [2.75, 3.05) is 7.11 Å². The standard InChI is InChI=1S/C10H13ClO4/c1-13-8(12)10(11)9(15-10)5-4-6-2-3-7(9)14-6/h6-7H,2-5H2,1H3. The van der Waals surface area contributed by atoms with Crippen molar-refractivity contribution in [1.82, 2.24) is 0 Å². The van der Waals surface area contributed by atoms with E-state index in [1.54, 1.807) is 0 Å². The molecule has 3 saturated heterocycles. The van der Waals surface area contributed by atoms with Crippen molar-refractivity contribution >= 4 is 17.6 Å². The second-order valence-electron chi connectivity index (χ2n) is 4.44. The van der Waals surface area contributed by atoms with Crippen LogP contribution < -0.4 is 0 Å². The smallest absolute Gasteiger partial charge is 0.357 e. The summed E-state index contributed by atoms with van der Waals surface area (Å²) in [6.45, 7) is 0. The van der Waals surface area contributed by atoms with E-state index in [0.717, 1.165) is 25.7 Å². The molecular weight excluding hydrogens is 220 g/mol. The Hall–Kier alpha value is -0.320. The minimum absolute atomic E-state index is 0.0344.